The summed E-state index contributed by atoms with van der Waals surface area (Å²) in [4.78, 5) is 14.5. The zero-order valence-corrected chi connectivity index (χ0v) is 12.4. The molecule has 0 bridgehead atoms. The van der Waals surface area contributed by atoms with Crippen molar-refractivity contribution in [3.63, 3.8) is 0 Å². The van der Waals surface area contributed by atoms with E-state index in [0.29, 0.717) is 12.6 Å². The lowest BCUT2D eigenvalue weighted by atomic mass is 9.94. The molecule has 1 aliphatic carbocycles. The van der Waals surface area contributed by atoms with E-state index in [-0.39, 0.29) is 5.91 Å². The van der Waals surface area contributed by atoms with E-state index in [4.69, 9.17) is 0 Å². The van der Waals surface area contributed by atoms with Crippen molar-refractivity contribution < 1.29 is 4.79 Å². The molecule has 1 aromatic heterocycles. The summed E-state index contributed by atoms with van der Waals surface area (Å²) >= 11 is 0. The fourth-order valence-corrected chi connectivity index (χ4v) is 3.08. The second-order valence-corrected chi connectivity index (χ2v) is 5.56. The van der Waals surface area contributed by atoms with Crippen LogP contribution in [0.2, 0.25) is 0 Å². The second-order valence-electron chi connectivity index (χ2n) is 5.56. The Hall–Kier alpha value is -1.32. The van der Waals surface area contributed by atoms with Crippen molar-refractivity contribution in [2.45, 2.75) is 65.5 Å². The quantitative estimate of drug-likeness (QED) is 0.837. The maximum atomic E-state index is 12.5. The number of carbonyl (C=O) groups excluding carboxylic acids is 1. The SMILES string of the molecule is CCN(C(=O)Cn1nc(C)cc1C)C1CCCCC1. The predicted octanol–water partition coefficient (Wildman–Crippen LogP) is 2.68. The van der Waals surface area contributed by atoms with Gasteiger partial charge in [-0.3, -0.25) is 9.48 Å². The molecule has 106 valence electrons. The maximum absolute atomic E-state index is 12.5. The van der Waals surface area contributed by atoms with Crippen molar-refractivity contribution in [1.82, 2.24) is 14.7 Å². The fourth-order valence-electron chi connectivity index (χ4n) is 3.08. The van der Waals surface area contributed by atoms with Gasteiger partial charge in [-0.1, -0.05) is 19.3 Å². The number of nitrogens with zero attached hydrogens (tertiary/aromatic N) is 3. The highest BCUT2D eigenvalue weighted by Gasteiger charge is 2.24. The van der Waals surface area contributed by atoms with E-state index < -0.39 is 0 Å². The van der Waals surface area contributed by atoms with Crippen LogP contribution in [-0.4, -0.2) is 33.2 Å². The molecule has 1 amide bonds. The van der Waals surface area contributed by atoms with Crippen LogP contribution in [0.4, 0.5) is 0 Å². The van der Waals surface area contributed by atoms with E-state index in [0.717, 1.165) is 30.8 Å². The summed E-state index contributed by atoms with van der Waals surface area (Å²) < 4.78 is 1.82. The van der Waals surface area contributed by atoms with Crippen LogP contribution in [0.15, 0.2) is 6.07 Å². The lowest BCUT2D eigenvalue weighted by Crippen LogP contribution is -2.43. The molecule has 19 heavy (non-hydrogen) atoms. The Labute approximate surface area is 115 Å². The molecule has 0 aliphatic heterocycles. The highest BCUT2D eigenvalue weighted by atomic mass is 16.2. The van der Waals surface area contributed by atoms with Crippen molar-refractivity contribution in [2.75, 3.05) is 6.54 Å². The van der Waals surface area contributed by atoms with Gasteiger partial charge < -0.3 is 4.90 Å². The molecule has 1 heterocycles. The first-order valence-electron chi connectivity index (χ1n) is 7.42. The van der Waals surface area contributed by atoms with Crippen molar-refractivity contribution in [1.29, 1.82) is 0 Å². The number of hydrogen-bond donors (Lipinski definition) is 0. The molecule has 4 heteroatoms. The van der Waals surface area contributed by atoms with E-state index in [1.54, 1.807) is 0 Å². The zero-order chi connectivity index (χ0) is 13.8. The van der Waals surface area contributed by atoms with Crippen molar-refractivity contribution in [3.05, 3.63) is 17.5 Å². The lowest BCUT2D eigenvalue weighted by molar-refractivity contribution is -0.134. The molecule has 1 fully saturated rings. The molecule has 1 aromatic rings. The van der Waals surface area contributed by atoms with Crippen LogP contribution in [0.25, 0.3) is 0 Å². The van der Waals surface area contributed by atoms with Gasteiger partial charge in [-0.2, -0.15) is 5.10 Å². The summed E-state index contributed by atoms with van der Waals surface area (Å²) in [5, 5.41) is 4.38. The van der Waals surface area contributed by atoms with Crippen molar-refractivity contribution in [2.24, 2.45) is 0 Å². The summed E-state index contributed by atoms with van der Waals surface area (Å²) in [6.45, 7) is 7.23. The molecule has 0 unspecified atom stereocenters. The fraction of sp³-hybridized carbons (Fsp3) is 0.733. The molecule has 0 aromatic carbocycles. The molecule has 0 saturated heterocycles. The molecule has 0 atom stereocenters. The van der Waals surface area contributed by atoms with Crippen molar-refractivity contribution in [3.8, 4) is 0 Å². The topological polar surface area (TPSA) is 38.1 Å². The first-order valence-corrected chi connectivity index (χ1v) is 7.42. The first-order chi connectivity index (χ1) is 9.11. The van der Waals surface area contributed by atoms with Crippen LogP contribution in [-0.2, 0) is 11.3 Å². The number of aryl methyl sites for hydroxylation is 2. The smallest absolute Gasteiger partial charge is 0.244 e. The van der Waals surface area contributed by atoms with E-state index >= 15 is 0 Å². The van der Waals surface area contributed by atoms with Gasteiger partial charge in [-0.15, -0.1) is 0 Å². The summed E-state index contributed by atoms with van der Waals surface area (Å²) in [5.41, 5.74) is 2.04. The van der Waals surface area contributed by atoms with E-state index in [1.165, 1.54) is 19.3 Å². The Bertz CT molecular complexity index is 433. The summed E-state index contributed by atoms with van der Waals surface area (Å²) in [5.74, 6) is 0.209. The third-order valence-electron chi connectivity index (χ3n) is 4.06. The Morgan fingerprint density at radius 1 is 1.37 bits per heavy atom. The van der Waals surface area contributed by atoms with Crippen LogP contribution in [0.5, 0.6) is 0 Å². The molecular weight excluding hydrogens is 238 g/mol. The molecule has 0 spiro atoms. The lowest BCUT2D eigenvalue weighted by Gasteiger charge is -2.33. The van der Waals surface area contributed by atoms with Gasteiger partial charge in [0.05, 0.1) is 5.69 Å². The third-order valence-corrected chi connectivity index (χ3v) is 4.06. The minimum atomic E-state index is 0.209. The molecule has 0 N–H and O–H groups in total. The monoisotopic (exact) mass is 263 g/mol. The van der Waals surface area contributed by atoms with Crippen molar-refractivity contribution >= 4 is 5.91 Å². The Morgan fingerprint density at radius 2 is 2.05 bits per heavy atom. The van der Waals surface area contributed by atoms with Gasteiger partial charge >= 0.3 is 0 Å². The van der Waals surface area contributed by atoms with Crippen LogP contribution in [0, 0.1) is 13.8 Å². The standard InChI is InChI=1S/C15H25N3O/c1-4-17(14-8-6-5-7-9-14)15(19)11-18-13(3)10-12(2)16-18/h10,14H,4-9,11H2,1-3H3. The predicted molar refractivity (Wildman–Crippen MR) is 76.0 cm³/mol. The highest BCUT2D eigenvalue weighted by Crippen LogP contribution is 2.22. The second kappa shape index (κ2) is 6.22. The normalized spacial score (nSPS) is 16.6. The zero-order valence-electron chi connectivity index (χ0n) is 12.4. The van der Waals surface area contributed by atoms with E-state index in [9.17, 15) is 4.79 Å². The van der Waals surface area contributed by atoms with Crippen LogP contribution in [0.3, 0.4) is 0 Å². The number of likely N-dealkylation sites (N-methyl/N-ethyl adjacent to an activating group) is 1. The number of hydrogen-bond acceptors (Lipinski definition) is 2. The minimum Gasteiger partial charge on any atom is -0.338 e. The Kier molecular flexibility index (Phi) is 4.61. The molecular formula is C15H25N3O. The van der Waals surface area contributed by atoms with Gasteiger partial charge in [0.15, 0.2) is 0 Å². The Morgan fingerprint density at radius 3 is 2.58 bits per heavy atom. The van der Waals surface area contributed by atoms with Gasteiger partial charge in [0.25, 0.3) is 0 Å². The maximum Gasteiger partial charge on any atom is 0.244 e. The van der Waals surface area contributed by atoms with Crippen LogP contribution in [0.1, 0.15) is 50.4 Å². The number of rotatable bonds is 4. The minimum absolute atomic E-state index is 0.209. The number of amides is 1. The largest absolute Gasteiger partial charge is 0.338 e. The van der Waals surface area contributed by atoms with E-state index in [1.807, 2.05) is 24.6 Å². The van der Waals surface area contributed by atoms with Gasteiger partial charge in [-0.05, 0) is 39.7 Å². The first kappa shape index (κ1) is 14.1. The summed E-state index contributed by atoms with van der Waals surface area (Å²) in [7, 11) is 0. The van der Waals surface area contributed by atoms with Gasteiger partial charge in [-0.25, -0.2) is 0 Å². The Balaban J connectivity index is 2.02. The highest BCUT2D eigenvalue weighted by molar-refractivity contribution is 5.76. The van der Waals surface area contributed by atoms with Crippen LogP contribution >= 0.6 is 0 Å². The molecule has 1 aliphatic rings. The van der Waals surface area contributed by atoms with Gasteiger partial charge in [0, 0.05) is 18.3 Å². The van der Waals surface area contributed by atoms with Crippen LogP contribution < -0.4 is 0 Å². The molecule has 1 saturated carbocycles. The van der Waals surface area contributed by atoms with Gasteiger partial charge in [0.1, 0.15) is 6.54 Å². The molecule has 0 radical (unpaired) electrons. The summed E-state index contributed by atoms with van der Waals surface area (Å²) in [6.07, 6.45) is 6.16. The number of aromatic nitrogens is 2. The van der Waals surface area contributed by atoms with Gasteiger partial charge in [0.2, 0.25) is 5.91 Å². The average Bonchev–Trinajstić information content (AvgIpc) is 2.70. The third kappa shape index (κ3) is 3.37. The molecule has 2 rings (SSSR count). The average molecular weight is 263 g/mol. The summed E-state index contributed by atoms with van der Waals surface area (Å²) in [6, 6.07) is 2.47. The van der Waals surface area contributed by atoms with E-state index in [2.05, 4.69) is 16.9 Å². The number of carbonyl (C=O) groups is 1. The molecule has 4 nitrogen and oxygen atoms in total.